The Balaban J connectivity index is 1.43. The zero-order chi connectivity index (χ0) is 16.4. The molecule has 1 aliphatic heterocycles. The van der Waals surface area contributed by atoms with Gasteiger partial charge < -0.3 is 9.42 Å². The normalized spacial score (nSPS) is 13.8. The third-order valence-corrected chi connectivity index (χ3v) is 5.56. The molecule has 7 heteroatoms. The summed E-state index contributed by atoms with van der Waals surface area (Å²) in [4.78, 5) is 20.0. The fourth-order valence-corrected chi connectivity index (χ4v) is 4.27. The highest BCUT2D eigenvalue weighted by molar-refractivity contribution is 7.99. The molecule has 1 aliphatic rings. The van der Waals surface area contributed by atoms with Gasteiger partial charge in [-0.25, -0.2) is 0 Å². The molecular formula is C17H15N3O2S2. The lowest BCUT2D eigenvalue weighted by molar-refractivity contribution is -0.118. The summed E-state index contributed by atoms with van der Waals surface area (Å²) in [5, 5.41) is 7.92. The van der Waals surface area contributed by atoms with Gasteiger partial charge in [0.25, 0.3) is 0 Å². The molecule has 0 saturated heterocycles. The molecule has 0 fully saturated rings. The Morgan fingerprint density at radius 2 is 2.21 bits per heavy atom. The summed E-state index contributed by atoms with van der Waals surface area (Å²) in [6, 6.07) is 9.98. The Labute approximate surface area is 147 Å². The Bertz CT molecular complexity index is 845. The van der Waals surface area contributed by atoms with Crippen LogP contribution in [0.1, 0.15) is 12.3 Å². The largest absolute Gasteiger partial charge is 0.339 e. The van der Waals surface area contributed by atoms with Gasteiger partial charge in [0.05, 0.1) is 5.69 Å². The highest BCUT2D eigenvalue weighted by Gasteiger charge is 2.23. The first-order valence-electron chi connectivity index (χ1n) is 7.68. The maximum Gasteiger partial charge on any atom is 0.227 e. The van der Waals surface area contributed by atoms with Crippen molar-refractivity contribution in [3.8, 4) is 11.4 Å². The van der Waals surface area contributed by atoms with Gasteiger partial charge in [-0.15, -0.1) is 11.8 Å². The zero-order valence-electron chi connectivity index (χ0n) is 12.8. The minimum Gasteiger partial charge on any atom is -0.339 e. The second-order valence-corrected chi connectivity index (χ2v) is 7.30. The van der Waals surface area contributed by atoms with Crippen LogP contribution in [0.25, 0.3) is 11.4 Å². The van der Waals surface area contributed by atoms with Gasteiger partial charge in [-0.1, -0.05) is 17.3 Å². The van der Waals surface area contributed by atoms with Crippen LogP contribution in [0, 0.1) is 0 Å². The van der Waals surface area contributed by atoms with Crippen molar-refractivity contribution in [1.29, 1.82) is 0 Å². The summed E-state index contributed by atoms with van der Waals surface area (Å²) in [7, 11) is 0. The van der Waals surface area contributed by atoms with E-state index in [1.165, 1.54) is 0 Å². The summed E-state index contributed by atoms with van der Waals surface area (Å²) in [6.45, 7) is 0.741. The zero-order valence-corrected chi connectivity index (χ0v) is 14.5. The van der Waals surface area contributed by atoms with Gasteiger partial charge in [0, 0.05) is 41.0 Å². The second kappa shape index (κ2) is 6.78. The molecule has 2 aromatic heterocycles. The van der Waals surface area contributed by atoms with E-state index in [4.69, 9.17) is 4.52 Å². The number of benzene rings is 1. The Kier molecular flexibility index (Phi) is 4.36. The lowest BCUT2D eigenvalue weighted by Crippen LogP contribution is -2.35. The molecule has 3 heterocycles. The number of hydrogen-bond donors (Lipinski definition) is 0. The van der Waals surface area contributed by atoms with Crippen molar-refractivity contribution < 1.29 is 9.32 Å². The lowest BCUT2D eigenvalue weighted by atomic mass is 10.2. The fourth-order valence-electron chi connectivity index (χ4n) is 2.64. The number of anilines is 1. The van der Waals surface area contributed by atoms with Crippen LogP contribution in [-0.4, -0.2) is 28.3 Å². The first kappa shape index (κ1) is 15.4. The average molecular weight is 357 g/mol. The number of nitrogens with zero attached hydrogens (tertiary/aromatic N) is 3. The third kappa shape index (κ3) is 3.09. The van der Waals surface area contributed by atoms with Crippen molar-refractivity contribution in [2.24, 2.45) is 0 Å². The Morgan fingerprint density at radius 1 is 1.29 bits per heavy atom. The molecule has 4 rings (SSSR count). The van der Waals surface area contributed by atoms with E-state index in [-0.39, 0.29) is 5.91 Å². The Morgan fingerprint density at radius 3 is 3.08 bits per heavy atom. The molecule has 122 valence electrons. The number of amides is 1. The summed E-state index contributed by atoms with van der Waals surface area (Å²) in [5.74, 6) is 2.10. The standard InChI is InChI=1S/C17H15N3O2S2/c21-16(20-8-10-24-14-4-2-1-3-13(14)20)6-5-15-18-17(19-22-15)12-7-9-23-11-12/h1-4,7,9,11H,5-6,8,10H2. The van der Waals surface area contributed by atoms with Gasteiger partial charge in [0.1, 0.15) is 0 Å². The molecule has 1 amide bonds. The number of para-hydroxylation sites is 1. The van der Waals surface area contributed by atoms with E-state index in [2.05, 4.69) is 16.2 Å². The first-order chi connectivity index (χ1) is 11.8. The monoisotopic (exact) mass is 357 g/mol. The van der Waals surface area contributed by atoms with E-state index in [1.54, 1.807) is 23.1 Å². The van der Waals surface area contributed by atoms with Gasteiger partial charge >= 0.3 is 0 Å². The molecule has 0 bridgehead atoms. The minimum absolute atomic E-state index is 0.0954. The van der Waals surface area contributed by atoms with Crippen LogP contribution in [0.15, 0.2) is 50.5 Å². The number of carbonyl (C=O) groups is 1. The third-order valence-electron chi connectivity index (χ3n) is 3.83. The number of hydrogen-bond acceptors (Lipinski definition) is 6. The van der Waals surface area contributed by atoms with E-state index in [9.17, 15) is 4.79 Å². The van der Waals surface area contributed by atoms with E-state index < -0.39 is 0 Å². The van der Waals surface area contributed by atoms with Gasteiger partial charge in [-0.3, -0.25) is 4.79 Å². The van der Waals surface area contributed by atoms with Crippen LogP contribution >= 0.6 is 23.1 Å². The van der Waals surface area contributed by atoms with Crippen LogP contribution in [0.4, 0.5) is 5.69 Å². The Hall–Kier alpha value is -2.12. The molecule has 24 heavy (non-hydrogen) atoms. The van der Waals surface area contributed by atoms with Crippen LogP contribution in [0.2, 0.25) is 0 Å². The number of rotatable bonds is 4. The molecule has 0 saturated carbocycles. The topological polar surface area (TPSA) is 59.2 Å². The van der Waals surface area contributed by atoms with Crippen LogP contribution in [0.5, 0.6) is 0 Å². The maximum absolute atomic E-state index is 12.6. The molecule has 0 radical (unpaired) electrons. The molecule has 3 aromatic rings. The predicted octanol–water partition coefficient (Wildman–Crippen LogP) is 3.87. The quantitative estimate of drug-likeness (QED) is 0.709. The molecule has 0 spiro atoms. The number of thiophene rings is 1. The van der Waals surface area contributed by atoms with Crippen molar-refractivity contribution in [2.75, 3.05) is 17.2 Å². The summed E-state index contributed by atoms with van der Waals surface area (Å²) in [5.41, 5.74) is 1.95. The van der Waals surface area contributed by atoms with Crippen molar-refractivity contribution in [3.05, 3.63) is 47.0 Å². The minimum atomic E-state index is 0.0954. The maximum atomic E-state index is 12.6. The van der Waals surface area contributed by atoms with E-state index in [1.807, 2.05) is 39.9 Å². The first-order valence-corrected chi connectivity index (χ1v) is 9.61. The average Bonchev–Trinajstić information content (AvgIpc) is 3.30. The van der Waals surface area contributed by atoms with Crippen molar-refractivity contribution >= 4 is 34.7 Å². The van der Waals surface area contributed by atoms with Crippen LogP contribution < -0.4 is 4.90 Å². The second-order valence-electron chi connectivity index (χ2n) is 5.39. The van der Waals surface area contributed by atoms with Crippen LogP contribution in [0.3, 0.4) is 0 Å². The fraction of sp³-hybridized carbons (Fsp3) is 0.235. The summed E-state index contributed by atoms with van der Waals surface area (Å²) >= 11 is 3.38. The molecule has 5 nitrogen and oxygen atoms in total. The number of thioether (sulfide) groups is 1. The molecule has 1 aromatic carbocycles. The van der Waals surface area contributed by atoms with E-state index in [0.29, 0.717) is 24.6 Å². The van der Waals surface area contributed by atoms with Crippen molar-refractivity contribution in [1.82, 2.24) is 10.1 Å². The molecule has 0 atom stereocenters. The molecule has 0 N–H and O–H groups in total. The van der Waals surface area contributed by atoms with E-state index in [0.717, 1.165) is 28.4 Å². The summed E-state index contributed by atoms with van der Waals surface area (Å²) in [6.07, 6.45) is 0.825. The van der Waals surface area contributed by atoms with Crippen LogP contribution in [-0.2, 0) is 11.2 Å². The van der Waals surface area contributed by atoms with Gasteiger partial charge in [-0.2, -0.15) is 16.3 Å². The molecule has 0 aliphatic carbocycles. The summed E-state index contributed by atoms with van der Waals surface area (Å²) < 4.78 is 5.26. The molecule has 0 unspecified atom stereocenters. The lowest BCUT2D eigenvalue weighted by Gasteiger charge is -2.28. The van der Waals surface area contributed by atoms with Gasteiger partial charge in [0.15, 0.2) is 0 Å². The molecular weight excluding hydrogens is 342 g/mol. The number of fused-ring (bicyclic) bond motifs is 1. The van der Waals surface area contributed by atoms with Crippen molar-refractivity contribution in [2.45, 2.75) is 17.7 Å². The van der Waals surface area contributed by atoms with Crippen molar-refractivity contribution in [3.63, 3.8) is 0 Å². The smallest absolute Gasteiger partial charge is 0.227 e. The highest BCUT2D eigenvalue weighted by atomic mass is 32.2. The highest BCUT2D eigenvalue weighted by Crippen LogP contribution is 2.34. The number of aryl methyl sites for hydroxylation is 1. The van der Waals surface area contributed by atoms with Gasteiger partial charge in [-0.05, 0) is 23.6 Å². The van der Waals surface area contributed by atoms with E-state index >= 15 is 0 Å². The van der Waals surface area contributed by atoms with Gasteiger partial charge in [0.2, 0.25) is 17.6 Å². The predicted molar refractivity (Wildman–Crippen MR) is 95.5 cm³/mol. The number of aromatic nitrogens is 2. The SMILES string of the molecule is O=C(CCc1nc(-c2ccsc2)no1)N1CCSc2ccccc21. The number of carbonyl (C=O) groups excluding carboxylic acids is 1.